The van der Waals surface area contributed by atoms with E-state index in [0.29, 0.717) is 6.61 Å². The molecule has 5 nitrogen and oxygen atoms in total. The molecular weight excluding hydrogens is 460 g/mol. The molecule has 0 bridgehead atoms. The number of hydrogen-bond acceptors (Lipinski definition) is 5. The van der Waals surface area contributed by atoms with Crippen molar-refractivity contribution in [1.82, 2.24) is 4.90 Å². The van der Waals surface area contributed by atoms with E-state index in [9.17, 15) is 4.79 Å². The fourth-order valence-electron chi connectivity index (χ4n) is 5.42. The summed E-state index contributed by atoms with van der Waals surface area (Å²) in [4.78, 5) is 18.1. The van der Waals surface area contributed by atoms with Gasteiger partial charge in [-0.05, 0) is 73.7 Å². The smallest absolute Gasteiger partial charge is 0.316 e. The summed E-state index contributed by atoms with van der Waals surface area (Å²) in [5.41, 5.74) is 4.18. The average Bonchev–Trinajstić information content (AvgIpc) is 2.96. The second-order valence-corrected chi connectivity index (χ2v) is 9.73. The van der Waals surface area contributed by atoms with Crippen LogP contribution in [0.15, 0.2) is 78.9 Å². The maximum Gasteiger partial charge on any atom is 0.316 e. The lowest BCUT2D eigenvalue weighted by Gasteiger charge is -2.37. The van der Waals surface area contributed by atoms with Gasteiger partial charge in [0.2, 0.25) is 0 Å². The van der Waals surface area contributed by atoms with E-state index in [1.54, 1.807) is 7.11 Å². The summed E-state index contributed by atoms with van der Waals surface area (Å²) in [7, 11) is 1.69. The van der Waals surface area contributed by atoms with Crippen molar-refractivity contribution in [3.8, 4) is 16.9 Å². The highest BCUT2D eigenvalue weighted by atomic mass is 16.5. The van der Waals surface area contributed by atoms with Crippen molar-refractivity contribution < 1.29 is 14.3 Å². The molecule has 1 fully saturated rings. The molecule has 1 saturated heterocycles. The van der Waals surface area contributed by atoms with Gasteiger partial charge in [0.1, 0.15) is 5.75 Å². The van der Waals surface area contributed by atoms with Gasteiger partial charge in [-0.25, -0.2) is 0 Å². The van der Waals surface area contributed by atoms with E-state index < -0.39 is 5.41 Å². The van der Waals surface area contributed by atoms with Crippen LogP contribution < -0.4 is 9.64 Å². The monoisotopic (exact) mass is 500 g/mol. The highest BCUT2D eigenvalue weighted by Gasteiger charge is 2.39. The number of piperazine rings is 1. The third-order valence-corrected chi connectivity index (χ3v) is 7.68. The molecule has 1 atom stereocenters. The first kappa shape index (κ1) is 26.7. The van der Waals surface area contributed by atoms with Gasteiger partial charge in [-0.3, -0.25) is 9.69 Å². The van der Waals surface area contributed by atoms with Crippen LogP contribution in [0.3, 0.4) is 0 Å². The molecule has 1 heterocycles. The molecule has 5 heteroatoms. The molecule has 37 heavy (non-hydrogen) atoms. The minimum absolute atomic E-state index is 0.0924. The van der Waals surface area contributed by atoms with Crippen molar-refractivity contribution in [2.75, 3.05) is 51.3 Å². The zero-order valence-corrected chi connectivity index (χ0v) is 22.5. The van der Waals surface area contributed by atoms with Gasteiger partial charge < -0.3 is 14.4 Å². The number of rotatable bonds is 11. The van der Waals surface area contributed by atoms with Crippen molar-refractivity contribution in [3.63, 3.8) is 0 Å². The van der Waals surface area contributed by atoms with Gasteiger partial charge in [0.05, 0.1) is 19.1 Å². The van der Waals surface area contributed by atoms with Gasteiger partial charge in [0, 0.05) is 31.9 Å². The Bertz CT molecular complexity index is 1120. The minimum Gasteiger partial charge on any atom is -0.497 e. The molecule has 3 aromatic rings. The maximum atomic E-state index is 13.1. The molecule has 3 aromatic carbocycles. The number of nitrogens with zero attached hydrogens (tertiary/aromatic N) is 2. The lowest BCUT2D eigenvalue weighted by molar-refractivity contribution is -0.150. The van der Waals surface area contributed by atoms with Crippen LogP contribution >= 0.6 is 0 Å². The summed E-state index contributed by atoms with van der Waals surface area (Å²) in [6.45, 7) is 9.44. The molecule has 0 radical (unpaired) electrons. The molecule has 1 aliphatic heterocycles. The summed E-state index contributed by atoms with van der Waals surface area (Å²) in [5.74, 6) is 0.781. The maximum absolute atomic E-state index is 13.1. The van der Waals surface area contributed by atoms with Crippen molar-refractivity contribution in [2.45, 2.75) is 38.5 Å². The summed E-state index contributed by atoms with van der Waals surface area (Å²) in [6.07, 6.45) is 2.51. The standard InChI is InChI=1S/C32H40N2O3/c1-4-32(31(35)37-5-2,28-12-7-6-8-13-28)19-10-20-33-21-23-34(24-22-33)29-14-9-11-27(25-29)26-15-17-30(36-3)18-16-26/h6-9,11-18,25H,4-5,10,19-24H2,1-3H3. The van der Waals surface area contributed by atoms with Gasteiger partial charge in [0.25, 0.3) is 0 Å². The fraction of sp³-hybridized carbons (Fsp3) is 0.406. The summed E-state index contributed by atoms with van der Waals surface area (Å²) < 4.78 is 10.8. The molecule has 1 aliphatic rings. The Hall–Kier alpha value is -3.31. The van der Waals surface area contributed by atoms with E-state index >= 15 is 0 Å². The van der Waals surface area contributed by atoms with E-state index in [1.807, 2.05) is 37.3 Å². The normalized spacial score (nSPS) is 15.7. The molecule has 0 aromatic heterocycles. The third-order valence-electron chi connectivity index (χ3n) is 7.68. The second-order valence-electron chi connectivity index (χ2n) is 9.73. The molecule has 1 unspecified atom stereocenters. The minimum atomic E-state index is -0.568. The van der Waals surface area contributed by atoms with Crippen LogP contribution in [0.2, 0.25) is 0 Å². The van der Waals surface area contributed by atoms with Crippen LogP contribution in [0.4, 0.5) is 5.69 Å². The quantitative estimate of drug-likeness (QED) is 0.294. The molecule has 0 amide bonds. The van der Waals surface area contributed by atoms with Crippen LogP contribution in [-0.4, -0.2) is 57.3 Å². The van der Waals surface area contributed by atoms with E-state index in [1.165, 1.54) is 16.8 Å². The zero-order chi connectivity index (χ0) is 26.1. The van der Waals surface area contributed by atoms with E-state index in [4.69, 9.17) is 9.47 Å². The van der Waals surface area contributed by atoms with Gasteiger partial charge in [-0.15, -0.1) is 0 Å². The Balaban J connectivity index is 1.34. The van der Waals surface area contributed by atoms with Crippen LogP contribution in [-0.2, 0) is 14.9 Å². The molecule has 4 rings (SSSR count). The lowest BCUT2D eigenvalue weighted by Crippen LogP contribution is -2.47. The topological polar surface area (TPSA) is 42.0 Å². The number of carbonyl (C=O) groups is 1. The number of hydrogen-bond donors (Lipinski definition) is 0. The van der Waals surface area contributed by atoms with Crippen LogP contribution in [0.1, 0.15) is 38.7 Å². The van der Waals surface area contributed by atoms with Crippen LogP contribution in [0.5, 0.6) is 5.75 Å². The third kappa shape index (κ3) is 6.34. The highest BCUT2D eigenvalue weighted by molar-refractivity contribution is 5.83. The van der Waals surface area contributed by atoms with Crippen LogP contribution in [0.25, 0.3) is 11.1 Å². The van der Waals surface area contributed by atoms with E-state index in [0.717, 1.165) is 63.3 Å². The summed E-state index contributed by atoms with van der Waals surface area (Å²) >= 11 is 0. The fourth-order valence-corrected chi connectivity index (χ4v) is 5.42. The van der Waals surface area contributed by atoms with Gasteiger partial charge >= 0.3 is 5.97 Å². The average molecular weight is 501 g/mol. The first-order valence-corrected chi connectivity index (χ1v) is 13.5. The highest BCUT2D eigenvalue weighted by Crippen LogP contribution is 2.35. The predicted molar refractivity (Wildman–Crippen MR) is 151 cm³/mol. The van der Waals surface area contributed by atoms with Crippen molar-refractivity contribution in [2.24, 2.45) is 0 Å². The van der Waals surface area contributed by atoms with Gasteiger partial charge in [-0.1, -0.05) is 61.5 Å². The summed E-state index contributed by atoms with van der Waals surface area (Å²) in [6, 6.07) is 27.2. The zero-order valence-electron chi connectivity index (χ0n) is 22.5. The first-order chi connectivity index (χ1) is 18.1. The Kier molecular flexibility index (Phi) is 9.24. The molecular formula is C32H40N2O3. The van der Waals surface area contributed by atoms with E-state index in [-0.39, 0.29) is 5.97 Å². The van der Waals surface area contributed by atoms with E-state index in [2.05, 4.69) is 65.3 Å². The second kappa shape index (κ2) is 12.8. The van der Waals surface area contributed by atoms with Crippen molar-refractivity contribution in [3.05, 3.63) is 84.4 Å². The molecule has 0 saturated carbocycles. The lowest BCUT2D eigenvalue weighted by atomic mass is 9.74. The van der Waals surface area contributed by atoms with Crippen LogP contribution in [0, 0.1) is 0 Å². The summed E-state index contributed by atoms with van der Waals surface area (Å²) in [5, 5.41) is 0. The van der Waals surface area contributed by atoms with Crippen molar-refractivity contribution in [1.29, 1.82) is 0 Å². The first-order valence-electron chi connectivity index (χ1n) is 13.5. The van der Waals surface area contributed by atoms with Crippen molar-refractivity contribution >= 4 is 11.7 Å². The SMILES string of the molecule is CCOC(=O)C(CC)(CCCN1CCN(c2cccc(-c3ccc(OC)cc3)c2)CC1)c1ccccc1. The Labute approximate surface area is 222 Å². The number of carbonyl (C=O) groups excluding carboxylic acids is 1. The Morgan fingerprint density at radius 1 is 0.865 bits per heavy atom. The number of methoxy groups -OCH3 is 1. The number of benzene rings is 3. The predicted octanol–water partition coefficient (Wildman–Crippen LogP) is 6.18. The number of ether oxygens (including phenoxy) is 2. The van der Waals surface area contributed by atoms with Gasteiger partial charge in [-0.2, -0.15) is 0 Å². The number of esters is 1. The molecule has 0 aliphatic carbocycles. The largest absolute Gasteiger partial charge is 0.497 e. The molecule has 196 valence electrons. The molecule has 0 spiro atoms. The Morgan fingerprint density at radius 3 is 2.24 bits per heavy atom. The molecule has 0 N–H and O–H groups in total. The van der Waals surface area contributed by atoms with Gasteiger partial charge in [0.15, 0.2) is 0 Å². The Morgan fingerprint density at radius 2 is 1.59 bits per heavy atom. The number of anilines is 1.